The number of benzene rings is 1. The molecule has 1 aromatic carbocycles. The highest BCUT2D eigenvalue weighted by Gasteiger charge is 2.27. The number of likely N-dealkylation sites (N-methyl/N-ethyl adjacent to an activating group) is 1. The van der Waals surface area contributed by atoms with Gasteiger partial charge in [-0.3, -0.25) is 4.90 Å². The van der Waals surface area contributed by atoms with Crippen LogP contribution in [0, 0.1) is 0 Å². The summed E-state index contributed by atoms with van der Waals surface area (Å²) in [4.78, 5) is 13.5. The Bertz CT molecular complexity index is 484. The van der Waals surface area contributed by atoms with Crippen LogP contribution in [0.3, 0.4) is 0 Å². The molecule has 1 aliphatic heterocycles. The van der Waals surface area contributed by atoms with Gasteiger partial charge in [0.25, 0.3) is 0 Å². The predicted octanol–water partition coefficient (Wildman–Crippen LogP) is 0.594. The highest BCUT2D eigenvalue weighted by molar-refractivity contribution is 5.76. The fourth-order valence-corrected chi connectivity index (χ4v) is 2.10. The highest BCUT2D eigenvalue weighted by Crippen LogP contribution is 2.32. The molecule has 0 bridgehead atoms. The van der Waals surface area contributed by atoms with Crippen LogP contribution in [-0.2, 0) is 9.53 Å². The largest absolute Gasteiger partial charge is 0.493 e. The second kappa shape index (κ2) is 6.11. The number of aliphatic hydroxyl groups excluding tert-OH is 1. The van der Waals surface area contributed by atoms with Crippen LogP contribution in [0.2, 0.25) is 0 Å². The monoisotopic (exact) mass is 281 g/mol. The van der Waals surface area contributed by atoms with Crippen molar-refractivity contribution >= 4 is 5.97 Å². The van der Waals surface area contributed by atoms with E-state index in [0.717, 1.165) is 13.1 Å². The fraction of sp³-hybridized carbons (Fsp3) is 0.500. The zero-order valence-electron chi connectivity index (χ0n) is 11.8. The first-order chi connectivity index (χ1) is 9.55. The number of carbonyl (C=O) groups is 1. The van der Waals surface area contributed by atoms with Crippen molar-refractivity contribution in [2.24, 2.45) is 0 Å². The van der Waals surface area contributed by atoms with Crippen LogP contribution in [0.25, 0.3) is 0 Å². The van der Waals surface area contributed by atoms with E-state index in [9.17, 15) is 9.90 Å². The predicted molar refractivity (Wildman–Crippen MR) is 71.9 cm³/mol. The van der Waals surface area contributed by atoms with Crippen molar-refractivity contribution in [3.8, 4) is 11.5 Å². The number of methoxy groups -OCH3 is 2. The lowest BCUT2D eigenvalue weighted by Gasteiger charge is -2.36. The Morgan fingerprint density at radius 3 is 2.60 bits per heavy atom. The summed E-state index contributed by atoms with van der Waals surface area (Å²) >= 11 is 0. The molecule has 0 aliphatic carbocycles. The minimum atomic E-state index is -1.32. The zero-order chi connectivity index (χ0) is 14.7. The van der Waals surface area contributed by atoms with Gasteiger partial charge in [-0.05, 0) is 24.7 Å². The lowest BCUT2D eigenvalue weighted by atomic mass is 10.1. The molecule has 0 saturated carbocycles. The first-order valence-corrected chi connectivity index (χ1v) is 6.34. The molecule has 1 aliphatic rings. The second-order valence-electron chi connectivity index (χ2n) is 4.80. The molecule has 20 heavy (non-hydrogen) atoms. The normalized spacial score (nSPS) is 17.2. The van der Waals surface area contributed by atoms with Crippen molar-refractivity contribution in [1.82, 2.24) is 4.90 Å². The Morgan fingerprint density at radius 2 is 2.05 bits per heavy atom. The standard InChI is InChI=1S/C14H19NO5/c1-15-7-10(8-15)20-12-6-9(4-5-11(12)18-2)13(16)14(17)19-3/h4-6,10,13,16H,7-8H2,1-3H3. The molecule has 6 nitrogen and oxygen atoms in total. The van der Waals surface area contributed by atoms with Gasteiger partial charge in [0.05, 0.1) is 14.2 Å². The number of carbonyl (C=O) groups excluding carboxylic acids is 1. The third-order valence-corrected chi connectivity index (χ3v) is 3.25. The lowest BCUT2D eigenvalue weighted by molar-refractivity contribution is -0.150. The van der Waals surface area contributed by atoms with E-state index >= 15 is 0 Å². The van der Waals surface area contributed by atoms with E-state index in [4.69, 9.17) is 9.47 Å². The summed E-state index contributed by atoms with van der Waals surface area (Å²) in [6, 6.07) is 4.89. The first kappa shape index (κ1) is 14.6. The Hall–Kier alpha value is -1.79. The Kier molecular flexibility index (Phi) is 4.46. The van der Waals surface area contributed by atoms with Crippen molar-refractivity contribution in [3.05, 3.63) is 23.8 Å². The number of likely N-dealkylation sites (tertiary alicyclic amines) is 1. The van der Waals surface area contributed by atoms with Crippen LogP contribution in [-0.4, -0.2) is 56.4 Å². The Labute approximate surface area is 117 Å². The van der Waals surface area contributed by atoms with E-state index in [0.29, 0.717) is 17.1 Å². The molecular weight excluding hydrogens is 262 g/mol. The topological polar surface area (TPSA) is 68.2 Å². The summed E-state index contributed by atoms with van der Waals surface area (Å²) in [6.07, 6.45) is -1.23. The number of ether oxygens (including phenoxy) is 3. The van der Waals surface area contributed by atoms with Crippen LogP contribution in [0.1, 0.15) is 11.7 Å². The molecule has 6 heteroatoms. The van der Waals surface area contributed by atoms with E-state index in [1.165, 1.54) is 7.11 Å². The number of esters is 1. The molecule has 0 amide bonds. The van der Waals surface area contributed by atoms with Gasteiger partial charge >= 0.3 is 5.97 Å². The van der Waals surface area contributed by atoms with Crippen molar-refractivity contribution < 1.29 is 24.1 Å². The maximum atomic E-state index is 11.4. The van der Waals surface area contributed by atoms with Gasteiger partial charge in [-0.1, -0.05) is 6.07 Å². The summed E-state index contributed by atoms with van der Waals surface area (Å²) in [5.74, 6) is 0.385. The van der Waals surface area contributed by atoms with Gasteiger partial charge in [0.15, 0.2) is 17.6 Å². The number of aliphatic hydroxyl groups is 1. The average molecular weight is 281 g/mol. The van der Waals surface area contributed by atoms with E-state index in [-0.39, 0.29) is 6.10 Å². The number of hydrogen-bond acceptors (Lipinski definition) is 6. The minimum absolute atomic E-state index is 0.0967. The average Bonchev–Trinajstić information content (AvgIpc) is 2.43. The zero-order valence-corrected chi connectivity index (χ0v) is 11.8. The van der Waals surface area contributed by atoms with Crippen molar-refractivity contribution in [2.45, 2.75) is 12.2 Å². The van der Waals surface area contributed by atoms with E-state index < -0.39 is 12.1 Å². The molecule has 1 saturated heterocycles. The molecule has 1 heterocycles. The molecule has 1 atom stereocenters. The van der Waals surface area contributed by atoms with Crippen molar-refractivity contribution in [2.75, 3.05) is 34.4 Å². The summed E-state index contributed by atoms with van der Waals surface area (Å²) < 4.78 is 15.6. The van der Waals surface area contributed by atoms with Gasteiger partial charge in [-0.2, -0.15) is 0 Å². The summed E-state index contributed by atoms with van der Waals surface area (Å²) in [5, 5.41) is 9.85. The molecular formula is C14H19NO5. The molecule has 2 rings (SSSR count). The molecule has 0 aromatic heterocycles. The SMILES string of the molecule is COC(=O)C(O)c1ccc(OC)c(OC2CN(C)C2)c1. The Balaban J connectivity index is 2.17. The smallest absolute Gasteiger partial charge is 0.339 e. The fourth-order valence-electron chi connectivity index (χ4n) is 2.10. The van der Waals surface area contributed by atoms with Crippen molar-refractivity contribution in [1.29, 1.82) is 0 Å². The molecule has 0 radical (unpaired) electrons. The quantitative estimate of drug-likeness (QED) is 0.797. The van der Waals surface area contributed by atoms with Crippen LogP contribution >= 0.6 is 0 Å². The molecule has 1 unspecified atom stereocenters. The van der Waals surface area contributed by atoms with E-state index in [1.54, 1.807) is 25.3 Å². The van der Waals surface area contributed by atoms with Crippen molar-refractivity contribution in [3.63, 3.8) is 0 Å². The van der Waals surface area contributed by atoms with Gasteiger partial charge in [0.2, 0.25) is 0 Å². The maximum absolute atomic E-state index is 11.4. The first-order valence-electron chi connectivity index (χ1n) is 6.34. The lowest BCUT2D eigenvalue weighted by Crippen LogP contribution is -2.51. The number of nitrogens with zero attached hydrogens (tertiary/aromatic N) is 1. The molecule has 1 aromatic rings. The molecule has 1 N–H and O–H groups in total. The van der Waals surface area contributed by atoms with Gasteiger partial charge in [-0.25, -0.2) is 4.79 Å². The minimum Gasteiger partial charge on any atom is -0.493 e. The number of rotatable bonds is 5. The number of hydrogen-bond donors (Lipinski definition) is 1. The van der Waals surface area contributed by atoms with Gasteiger partial charge in [0.1, 0.15) is 6.10 Å². The third-order valence-electron chi connectivity index (χ3n) is 3.25. The molecule has 0 spiro atoms. The van der Waals surface area contributed by atoms with E-state index in [1.807, 2.05) is 7.05 Å². The highest BCUT2D eigenvalue weighted by atomic mass is 16.5. The Morgan fingerprint density at radius 1 is 1.35 bits per heavy atom. The van der Waals surface area contributed by atoms with Crippen LogP contribution in [0.4, 0.5) is 0 Å². The summed E-state index contributed by atoms with van der Waals surface area (Å²) in [7, 11) is 4.79. The van der Waals surface area contributed by atoms with E-state index in [2.05, 4.69) is 9.64 Å². The summed E-state index contributed by atoms with van der Waals surface area (Å²) in [6.45, 7) is 1.68. The molecule has 1 fully saturated rings. The molecule has 110 valence electrons. The van der Waals surface area contributed by atoms with Crippen LogP contribution < -0.4 is 9.47 Å². The van der Waals surface area contributed by atoms with Gasteiger partial charge in [0, 0.05) is 13.1 Å². The van der Waals surface area contributed by atoms with Gasteiger partial charge < -0.3 is 19.3 Å². The second-order valence-corrected chi connectivity index (χ2v) is 4.80. The summed E-state index contributed by atoms with van der Waals surface area (Å²) in [5.41, 5.74) is 0.417. The third kappa shape index (κ3) is 3.02. The van der Waals surface area contributed by atoms with Crippen LogP contribution in [0.5, 0.6) is 11.5 Å². The van der Waals surface area contributed by atoms with Gasteiger partial charge in [-0.15, -0.1) is 0 Å². The van der Waals surface area contributed by atoms with Crippen LogP contribution in [0.15, 0.2) is 18.2 Å². The maximum Gasteiger partial charge on any atom is 0.339 e.